The molecule has 2 fully saturated rings. The molecule has 0 aliphatic carbocycles. The van der Waals surface area contributed by atoms with E-state index >= 15 is 0 Å². The summed E-state index contributed by atoms with van der Waals surface area (Å²) < 4.78 is 6.14. The van der Waals surface area contributed by atoms with E-state index in [0.29, 0.717) is 36.8 Å². The van der Waals surface area contributed by atoms with E-state index < -0.39 is 0 Å². The maximum Gasteiger partial charge on any atom is 0.224 e. The molecule has 2 atom stereocenters. The third-order valence-corrected chi connectivity index (χ3v) is 7.49. The number of ether oxygens (including phenoxy) is 1. The van der Waals surface area contributed by atoms with Crippen LogP contribution in [0.4, 0.5) is 5.69 Å². The number of piperidine rings is 2. The highest BCUT2D eigenvalue weighted by molar-refractivity contribution is 5.92. The monoisotopic (exact) mass is 427 g/mol. The van der Waals surface area contributed by atoms with Crippen LogP contribution >= 0.6 is 0 Å². The molecule has 3 heterocycles. The minimum Gasteiger partial charge on any atom is -0.491 e. The molecule has 0 spiro atoms. The summed E-state index contributed by atoms with van der Waals surface area (Å²) >= 11 is 0. The van der Waals surface area contributed by atoms with Gasteiger partial charge in [0.15, 0.2) is 0 Å². The highest BCUT2D eigenvalue weighted by Gasteiger charge is 2.35. The summed E-state index contributed by atoms with van der Waals surface area (Å²) in [6.45, 7) is 10.5. The van der Waals surface area contributed by atoms with Crippen molar-refractivity contribution in [2.45, 2.75) is 64.8 Å². The molecule has 4 rings (SSSR count). The van der Waals surface area contributed by atoms with Gasteiger partial charge in [-0.1, -0.05) is 19.9 Å². The minimum atomic E-state index is 0.103. The van der Waals surface area contributed by atoms with Crippen LogP contribution in [0.3, 0.4) is 0 Å². The average molecular weight is 428 g/mol. The zero-order chi connectivity index (χ0) is 22.0. The molecule has 170 valence electrons. The van der Waals surface area contributed by atoms with Gasteiger partial charge in [0.2, 0.25) is 11.8 Å². The van der Waals surface area contributed by atoms with Crippen LogP contribution in [0.2, 0.25) is 0 Å². The smallest absolute Gasteiger partial charge is 0.224 e. The number of anilines is 1. The number of benzene rings is 1. The van der Waals surface area contributed by atoms with Crippen molar-refractivity contribution in [3.63, 3.8) is 0 Å². The van der Waals surface area contributed by atoms with Crippen molar-refractivity contribution < 1.29 is 14.3 Å². The van der Waals surface area contributed by atoms with Gasteiger partial charge in [-0.05, 0) is 67.7 Å². The maximum atomic E-state index is 12.9. The number of likely N-dealkylation sites (tertiary alicyclic amines) is 2. The van der Waals surface area contributed by atoms with Gasteiger partial charge in [0, 0.05) is 39.0 Å². The van der Waals surface area contributed by atoms with Crippen molar-refractivity contribution in [3.8, 4) is 5.75 Å². The minimum absolute atomic E-state index is 0.103. The summed E-state index contributed by atoms with van der Waals surface area (Å²) in [5.74, 6) is 2.36. The molecule has 6 nitrogen and oxygen atoms in total. The molecule has 6 heteroatoms. The molecule has 1 aromatic carbocycles. The van der Waals surface area contributed by atoms with E-state index in [-0.39, 0.29) is 11.8 Å². The molecule has 1 N–H and O–H groups in total. The van der Waals surface area contributed by atoms with Crippen LogP contribution in [0.15, 0.2) is 18.2 Å². The van der Waals surface area contributed by atoms with Gasteiger partial charge in [-0.25, -0.2) is 0 Å². The molecule has 0 aromatic heterocycles. The molecular formula is C25H37N3O3. The second-order valence-corrected chi connectivity index (χ2v) is 9.84. The lowest BCUT2D eigenvalue weighted by molar-refractivity contribution is -0.130. The lowest BCUT2D eigenvalue weighted by Gasteiger charge is -2.45. The quantitative estimate of drug-likeness (QED) is 0.778. The van der Waals surface area contributed by atoms with Crippen molar-refractivity contribution in [2.24, 2.45) is 11.8 Å². The predicted octanol–water partition coefficient (Wildman–Crippen LogP) is 3.87. The maximum absolute atomic E-state index is 12.9. The number of nitrogens with zero attached hydrogens (tertiary/aromatic N) is 2. The molecule has 31 heavy (non-hydrogen) atoms. The van der Waals surface area contributed by atoms with Crippen LogP contribution in [0.1, 0.15) is 64.4 Å². The standard InChI is InChI=1S/C25H37N3O3/c1-17(2)19-4-5-24-23(14-19)26-25(30)15-20-6-10-28(16-21(20)9-13-31-24)22-7-11-27(12-8-22)18(3)29/h4-5,14,17,20-22H,6-13,15-16H2,1-3H3,(H,26,30)/t20-,21-/m0/s1. The number of hydrogen-bond acceptors (Lipinski definition) is 4. The molecule has 1 aromatic rings. The number of carbonyl (C=O) groups is 2. The number of amides is 2. The van der Waals surface area contributed by atoms with Gasteiger partial charge in [-0.3, -0.25) is 14.5 Å². The Kier molecular flexibility index (Phi) is 6.85. The molecule has 2 saturated heterocycles. The SMILES string of the molecule is CC(=O)N1CCC(N2CC[C@H]3CC(=O)Nc4cc(C(C)C)ccc4OCC[C@H]3C2)CC1. The summed E-state index contributed by atoms with van der Waals surface area (Å²) in [5, 5.41) is 3.13. The van der Waals surface area contributed by atoms with E-state index in [0.717, 1.165) is 63.3 Å². The fraction of sp³-hybridized carbons (Fsp3) is 0.680. The van der Waals surface area contributed by atoms with Crippen molar-refractivity contribution >= 4 is 17.5 Å². The Balaban J connectivity index is 1.41. The number of nitrogens with one attached hydrogen (secondary N) is 1. The Morgan fingerprint density at radius 2 is 1.87 bits per heavy atom. The topological polar surface area (TPSA) is 61.9 Å². The molecular weight excluding hydrogens is 390 g/mol. The summed E-state index contributed by atoms with van der Waals surface area (Å²) in [4.78, 5) is 29.1. The van der Waals surface area contributed by atoms with E-state index in [1.807, 2.05) is 11.0 Å². The zero-order valence-electron chi connectivity index (χ0n) is 19.2. The van der Waals surface area contributed by atoms with Crippen molar-refractivity contribution in [3.05, 3.63) is 23.8 Å². The second-order valence-electron chi connectivity index (χ2n) is 9.84. The van der Waals surface area contributed by atoms with Crippen LogP contribution in [0, 0.1) is 11.8 Å². The number of rotatable bonds is 2. The highest BCUT2D eigenvalue weighted by atomic mass is 16.5. The molecule has 2 amide bonds. The Bertz CT molecular complexity index is 801. The zero-order valence-corrected chi connectivity index (χ0v) is 19.2. The van der Waals surface area contributed by atoms with Crippen LogP contribution in [0.5, 0.6) is 5.75 Å². The van der Waals surface area contributed by atoms with Gasteiger partial charge in [-0.2, -0.15) is 0 Å². The molecule has 3 aliphatic heterocycles. The summed E-state index contributed by atoms with van der Waals surface area (Å²) in [6, 6.07) is 6.71. The Morgan fingerprint density at radius 3 is 2.58 bits per heavy atom. The van der Waals surface area contributed by atoms with Gasteiger partial charge >= 0.3 is 0 Å². The van der Waals surface area contributed by atoms with Gasteiger partial charge in [0.05, 0.1) is 12.3 Å². The first kappa shape index (κ1) is 22.1. The Hall–Kier alpha value is -2.08. The van der Waals surface area contributed by atoms with E-state index in [9.17, 15) is 9.59 Å². The normalized spacial score (nSPS) is 25.9. The van der Waals surface area contributed by atoms with Crippen LogP contribution in [-0.4, -0.2) is 60.4 Å². The lowest BCUT2D eigenvalue weighted by Crippen LogP contribution is -2.51. The second kappa shape index (κ2) is 9.60. The van der Waals surface area contributed by atoms with E-state index in [2.05, 4.69) is 36.2 Å². The third kappa shape index (κ3) is 5.22. The van der Waals surface area contributed by atoms with Crippen molar-refractivity contribution in [1.82, 2.24) is 9.80 Å². The Labute approximate surface area is 186 Å². The number of hydrogen-bond donors (Lipinski definition) is 1. The molecule has 3 aliphatic rings. The van der Waals surface area contributed by atoms with Crippen LogP contribution < -0.4 is 10.1 Å². The largest absolute Gasteiger partial charge is 0.491 e. The fourth-order valence-corrected chi connectivity index (χ4v) is 5.47. The Morgan fingerprint density at radius 1 is 1.10 bits per heavy atom. The van der Waals surface area contributed by atoms with Crippen LogP contribution in [-0.2, 0) is 9.59 Å². The summed E-state index contributed by atoms with van der Waals surface area (Å²) in [5.41, 5.74) is 2.02. The van der Waals surface area contributed by atoms with Crippen molar-refractivity contribution in [1.29, 1.82) is 0 Å². The fourth-order valence-electron chi connectivity index (χ4n) is 5.47. The van der Waals surface area contributed by atoms with E-state index in [1.54, 1.807) is 6.92 Å². The van der Waals surface area contributed by atoms with Gasteiger partial charge in [0.25, 0.3) is 0 Å². The first-order chi connectivity index (χ1) is 14.9. The summed E-state index contributed by atoms with van der Waals surface area (Å²) in [6.07, 6.45) is 4.74. The highest BCUT2D eigenvalue weighted by Crippen LogP contribution is 2.35. The van der Waals surface area contributed by atoms with Gasteiger partial charge < -0.3 is 15.0 Å². The average Bonchev–Trinajstić information content (AvgIpc) is 2.75. The first-order valence-corrected chi connectivity index (χ1v) is 12.0. The van der Waals surface area contributed by atoms with E-state index in [1.165, 1.54) is 5.56 Å². The molecule has 0 saturated carbocycles. The summed E-state index contributed by atoms with van der Waals surface area (Å²) in [7, 11) is 0. The number of carbonyl (C=O) groups excluding carboxylic acids is 2. The first-order valence-electron chi connectivity index (χ1n) is 12.0. The molecule has 0 radical (unpaired) electrons. The van der Waals surface area contributed by atoms with Gasteiger partial charge in [-0.15, -0.1) is 0 Å². The van der Waals surface area contributed by atoms with Crippen LogP contribution in [0.25, 0.3) is 0 Å². The molecule has 0 unspecified atom stereocenters. The third-order valence-electron chi connectivity index (χ3n) is 7.49. The van der Waals surface area contributed by atoms with E-state index in [4.69, 9.17) is 4.74 Å². The van der Waals surface area contributed by atoms with Gasteiger partial charge in [0.1, 0.15) is 5.75 Å². The molecule has 0 bridgehead atoms. The van der Waals surface area contributed by atoms with Crippen molar-refractivity contribution in [2.75, 3.05) is 38.1 Å². The lowest BCUT2D eigenvalue weighted by atomic mass is 9.80. The number of fused-ring (bicyclic) bond motifs is 2. The predicted molar refractivity (Wildman–Crippen MR) is 122 cm³/mol.